The van der Waals surface area contributed by atoms with Crippen LogP contribution < -0.4 is 10.2 Å². The summed E-state index contributed by atoms with van der Waals surface area (Å²) in [5.41, 5.74) is 0.676. The van der Waals surface area contributed by atoms with Crippen molar-refractivity contribution in [3.63, 3.8) is 0 Å². The molecular formula is C17H21N5O2S. The van der Waals surface area contributed by atoms with Gasteiger partial charge in [0.2, 0.25) is 11.9 Å². The highest BCUT2D eigenvalue weighted by Gasteiger charge is 2.22. The molecule has 0 atom stereocenters. The molecule has 1 fully saturated rings. The van der Waals surface area contributed by atoms with Gasteiger partial charge in [-0.15, -0.1) is 0 Å². The summed E-state index contributed by atoms with van der Waals surface area (Å²) >= 11 is 1.49. The van der Waals surface area contributed by atoms with E-state index in [0.717, 1.165) is 13.1 Å². The van der Waals surface area contributed by atoms with Crippen molar-refractivity contribution >= 4 is 29.1 Å². The van der Waals surface area contributed by atoms with E-state index in [-0.39, 0.29) is 11.8 Å². The van der Waals surface area contributed by atoms with Crippen LogP contribution in [0.1, 0.15) is 23.2 Å². The van der Waals surface area contributed by atoms with Crippen molar-refractivity contribution in [3.8, 4) is 0 Å². The van der Waals surface area contributed by atoms with Crippen LogP contribution in [0.25, 0.3) is 0 Å². The van der Waals surface area contributed by atoms with E-state index in [1.165, 1.54) is 11.3 Å². The molecule has 1 N–H and O–H groups in total. The van der Waals surface area contributed by atoms with Gasteiger partial charge in [0.05, 0.1) is 0 Å². The zero-order valence-electron chi connectivity index (χ0n) is 13.9. The number of rotatable bonds is 6. The lowest BCUT2D eigenvalue weighted by Crippen LogP contribution is -2.49. The predicted octanol–water partition coefficient (Wildman–Crippen LogP) is 1.40. The molecule has 0 unspecified atom stereocenters. The lowest BCUT2D eigenvalue weighted by atomic mass is 10.2. The van der Waals surface area contributed by atoms with Crippen molar-refractivity contribution in [2.24, 2.45) is 0 Å². The van der Waals surface area contributed by atoms with Crippen LogP contribution in [-0.4, -0.2) is 59.4 Å². The van der Waals surface area contributed by atoms with Crippen molar-refractivity contribution in [1.82, 2.24) is 20.2 Å². The molecule has 7 nitrogen and oxygen atoms in total. The lowest BCUT2D eigenvalue weighted by Gasteiger charge is -2.34. The molecule has 8 heteroatoms. The van der Waals surface area contributed by atoms with Crippen LogP contribution in [0.4, 0.5) is 5.95 Å². The maximum absolute atomic E-state index is 12.3. The molecule has 2 aromatic rings. The molecule has 1 aliphatic heterocycles. The Balaban J connectivity index is 1.35. The summed E-state index contributed by atoms with van der Waals surface area (Å²) in [6.07, 6.45) is 4.55. The number of amides is 2. The number of nitrogens with zero attached hydrogens (tertiary/aromatic N) is 4. The SMILES string of the molecule is O=C(NCCCC(=O)N1CCN(c2ncccn2)CC1)c1ccsc1. The summed E-state index contributed by atoms with van der Waals surface area (Å²) in [4.78, 5) is 36.5. The van der Waals surface area contributed by atoms with Crippen molar-refractivity contribution in [3.05, 3.63) is 40.8 Å². The van der Waals surface area contributed by atoms with E-state index in [9.17, 15) is 9.59 Å². The van der Waals surface area contributed by atoms with E-state index in [4.69, 9.17) is 0 Å². The Labute approximate surface area is 150 Å². The Hall–Kier alpha value is -2.48. The minimum absolute atomic E-state index is 0.0785. The number of hydrogen-bond acceptors (Lipinski definition) is 6. The van der Waals surface area contributed by atoms with Crippen LogP contribution >= 0.6 is 11.3 Å². The molecule has 0 spiro atoms. The second kappa shape index (κ2) is 8.57. The van der Waals surface area contributed by atoms with Gasteiger partial charge in [-0.1, -0.05) is 0 Å². The fraction of sp³-hybridized carbons (Fsp3) is 0.412. The Morgan fingerprint density at radius 2 is 1.92 bits per heavy atom. The summed E-state index contributed by atoms with van der Waals surface area (Å²) in [6, 6.07) is 3.58. The summed E-state index contributed by atoms with van der Waals surface area (Å²) in [7, 11) is 0. The molecule has 25 heavy (non-hydrogen) atoms. The standard InChI is InChI=1S/C17H21N5O2S/c23-15(3-1-5-18-16(24)14-4-12-25-13-14)21-8-10-22(11-9-21)17-19-6-2-7-20-17/h2,4,6-7,12-13H,1,3,5,8-11H2,(H,18,24). The average Bonchev–Trinajstić information content (AvgIpc) is 3.21. The van der Waals surface area contributed by atoms with Crippen LogP contribution in [0.2, 0.25) is 0 Å². The zero-order chi connectivity index (χ0) is 17.5. The Morgan fingerprint density at radius 1 is 1.16 bits per heavy atom. The lowest BCUT2D eigenvalue weighted by molar-refractivity contribution is -0.131. The molecule has 0 aliphatic carbocycles. The Morgan fingerprint density at radius 3 is 2.60 bits per heavy atom. The van der Waals surface area contributed by atoms with E-state index in [0.29, 0.717) is 44.0 Å². The summed E-state index contributed by atoms with van der Waals surface area (Å²) in [5, 5.41) is 6.53. The monoisotopic (exact) mass is 359 g/mol. The molecule has 0 aromatic carbocycles. The fourth-order valence-corrected chi connectivity index (χ4v) is 3.34. The Kier molecular flexibility index (Phi) is 5.95. The van der Waals surface area contributed by atoms with Gasteiger partial charge in [0.15, 0.2) is 0 Å². The highest BCUT2D eigenvalue weighted by Crippen LogP contribution is 2.11. The van der Waals surface area contributed by atoms with Crippen molar-refractivity contribution in [1.29, 1.82) is 0 Å². The highest BCUT2D eigenvalue weighted by atomic mass is 32.1. The number of thiophene rings is 1. The first-order chi connectivity index (χ1) is 12.2. The van der Waals surface area contributed by atoms with Gasteiger partial charge in [-0.05, 0) is 23.9 Å². The van der Waals surface area contributed by atoms with Gasteiger partial charge in [0, 0.05) is 62.5 Å². The van der Waals surface area contributed by atoms with E-state index >= 15 is 0 Å². The molecular weight excluding hydrogens is 338 g/mol. The number of carbonyl (C=O) groups is 2. The third-order valence-electron chi connectivity index (χ3n) is 4.10. The smallest absolute Gasteiger partial charge is 0.252 e. The molecule has 0 bridgehead atoms. The van der Waals surface area contributed by atoms with Crippen LogP contribution in [-0.2, 0) is 4.79 Å². The number of piperazine rings is 1. The van der Waals surface area contributed by atoms with Crippen LogP contribution in [0.15, 0.2) is 35.3 Å². The first-order valence-electron chi connectivity index (χ1n) is 8.34. The van der Waals surface area contributed by atoms with Gasteiger partial charge in [-0.25, -0.2) is 9.97 Å². The number of aromatic nitrogens is 2. The highest BCUT2D eigenvalue weighted by molar-refractivity contribution is 7.08. The second-order valence-corrected chi connectivity index (χ2v) is 6.57. The molecule has 0 radical (unpaired) electrons. The largest absolute Gasteiger partial charge is 0.352 e. The Bertz CT molecular complexity index is 684. The minimum Gasteiger partial charge on any atom is -0.352 e. The van der Waals surface area contributed by atoms with Gasteiger partial charge >= 0.3 is 0 Å². The number of hydrogen-bond donors (Lipinski definition) is 1. The van der Waals surface area contributed by atoms with Crippen LogP contribution in [0.5, 0.6) is 0 Å². The average molecular weight is 359 g/mol. The fourth-order valence-electron chi connectivity index (χ4n) is 2.71. The maximum atomic E-state index is 12.3. The second-order valence-electron chi connectivity index (χ2n) is 5.79. The molecule has 1 aliphatic rings. The quantitative estimate of drug-likeness (QED) is 0.789. The minimum atomic E-state index is -0.0785. The van der Waals surface area contributed by atoms with E-state index in [1.54, 1.807) is 24.5 Å². The zero-order valence-corrected chi connectivity index (χ0v) is 14.7. The molecule has 3 rings (SSSR count). The van der Waals surface area contributed by atoms with Gasteiger partial charge in [0.25, 0.3) is 5.91 Å². The third-order valence-corrected chi connectivity index (χ3v) is 4.79. The van der Waals surface area contributed by atoms with Crippen LogP contribution in [0.3, 0.4) is 0 Å². The maximum Gasteiger partial charge on any atom is 0.252 e. The van der Waals surface area contributed by atoms with Gasteiger partial charge in [-0.3, -0.25) is 9.59 Å². The number of carbonyl (C=O) groups excluding carboxylic acids is 2. The molecule has 1 saturated heterocycles. The van der Waals surface area contributed by atoms with Crippen LogP contribution in [0, 0.1) is 0 Å². The van der Waals surface area contributed by atoms with Crippen molar-refractivity contribution in [2.45, 2.75) is 12.8 Å². The first kappa shape index (κ1) is 17.3. The summed E-state index contributed by atoms with van der Waals surface area (Å²) in [6.45, 7) is 3.35. The topological polar surface area (TPSA) is 78.4 Å². The molecule has 2 amide bonds. The molecule has 132 valence electrons. The summed E-state index contributed by atoms with van der Waals surface area (Å²) in [5.74, 6) is 0.773. The molecule has 0 saturated carbocycles. The van der Waals surface area contributed by atoms with Gasteiger partial charge < -0.3 is 15.1 Å². The summed E-state index contributed by atoms with van der Waals surface area (Å²) < 4.78 is 0. The van der Waals surface area contributed by atoms with Gasteiger partial charge in [0.1, 0.15) is 0 Å². The molecule has 2 aromatic heterocycles. The first-order valence-corrected chi connectivity index (χ1v) is 9.28. The third kappa shape index (κ3) is 4.76. The normalized spacial score (nSPS) is 14.4. The van der Waals surface area contributed by atoms with Crippen molar-refractivity contribution < 1.29 is 9.59 Å². The van der Waals surface area contributed by atoms with Crippen molar-refractivity contribution in [2.75, 3.05) is 37.6 Å². The van der Waals surface area contributed by atoms with E-state index in [2.05, 4.69) is 20.2 Å². The predicted molar refractivity (Wildman–Crippen MR) is 96.7 cm³/mol. The molecule has 3 heterocycles. The number of nitrogens with one attached hydrogen (secondary N) is 1. The van der Waals surface area contributed by atoms with Gasteiger partial charge in [-0.2, -0.15) is 11.3 Å². The number of anilines is 1. The van der Waals surface area contributed by atoms with E-state index in [1.807, 2.05) is 15.7 Å². The van der Waals surface area contributed by atoms with E-state index < -0.39 is 0 Å².